The quantitative estimate of drug-likeness (QED) is 0.839. The van der Waals surface area contributed by atoms with Crippen molar-refractivity contribution in [2.45, 2.75) is 39.0 Å². The van der Waals surface area contributed by atoms with Crippen molar-refractivity contribution in [1.82, 2.24) is 0 Å². The number of methoxy groups -OCH3 is 1. The van der Waals surface area contributed by atoms with E-state index in [1.54, 1.807) is 13.2 Å². The maximum atomic E-state index is 13.1. The molecule has 120 valence electrons. The first-order valence-electron chi connectivity index (χ1n) is 7.00. The van der Waals surface area contributed by atoms with Gasteiger partial charge in [-0.05, 0) is 31.0 Å². The molecule has 0 heterocycles. The maximum absolute atomic E-state index is 13.1. The zero-order valence-electron chi connectivity index (χ0n) is 12.7. The van der Waals surface area contributed by atoms with Crippen LogP contribution in [-0.2, 0) is 17.5 Å². The Labute approximate surface area is 123 Å². The van der Waals surface area contributed by atoms with Crippen molar-refractivity contribution in [1.29, 1.82) is 0 Å². The number of nitrogens with zero attached hydrogens (tertiary/aromatic N) is 1. The van der Waals surface area contributed by atoms with E-state index < -0.39 is 11.7 Å². The van der Waals surface area contributed by atoms with Gasteiger partial charge in [-0.2, -0.15) is 13.2 Å². The Hall–Kier alpha value is -1.27. The summed E-state index contributed by atoms with van der Waals surface area (Å²) in [6.45, 7) is 4.87. The van der Waals surface area contributed by atoms with Crippen molar-refractivity contribution >= 4 is 5.69 Å². The van der Waals surface area contributed by atoms with E-state index in [2.05, 4.69) is 0 Å². The second kappa shape index (κ2) is 7.66. The van der Waals surface area contributed by atoms with Gasteiger partial charge in [0, 0.05) is 31.9 Å². The lowest BCUT2D eigenvalue weighted by Crippen LogP contribution is -2.35. The summed E-state index contributed by atoms with van der Waals surface area (Å²) >= 11 is 0. The molecule has 0 aliphatic carbocycles. The smallest absolute Gasteiger partial charge is 0.383 e. The highest BCUT2D eigenvalue weighted by molar-refractivity contribution is 5.52. The molecule has 1 rings (SSSR count). The predicted octanol–water partition coefficient (Wildman–Crippen LogP) is 3.42. The number of rotatable bonds is 7. The molecule has 3 nitrogen and oxygen atoms in total. The molecule has 1 unspecified atom stereocenters. The molecule has 0 amide bonds. The van der Waals surface area contributed by atoms with E-state index in [-0.39, 0.29) is 18.2 Å². The Morgan fingerprint density at radius 1 is 1.33 bits per heavy atom. The average molecular weight is 304 g/mol. The molecule has 0 radical (unpaired) electrons. The molecule has 1 aromatic rings. The molecule has 21 heavy (non-hydrogen) atoms. The summed E-state index contributed by atoms with van der Waals surface area (Å²) in [5.41, 5.74) is 5.41. The van der Waals surface area contributed by atoms with E-state index in [1.807, 2.05) is 18.7 Å². The van der Waals surface area contributed by atoms with Crippen LogP contribution < -0.4 is 10.6 Å². The topological polar surface area (TPSA) is 38.5 Å². The van der Waals surface area contributed by atoms with Gasteiger partial charge in [0.25, 0.3) is 0 Å². The van der Waals surface area contributed by atoms with Crippen LogP contribution in [0.2, 0.25) is 0 Å². The van der Waals surface area contributed by atoms with Gasteiger partial charge >= 0.3 is 6.18 Å². The molecule has 0 saturated carbocycles. The Bertz CT molecular complexity index is 449. The molecular formula is C15H23F3N2O. The summed E-state index contributed by atoms with van der Waals surface area (Å²) < 4.78 is 44.4. The lowest BCUT2D eigenvalue weighted by molar-refractivity contribution is -0.138. The van der Waals surface area contributed by atoms with Gasteiger partial charge in [-0.1, -0.05) is 13.0 Å². The molecule has 0 bridgehead atoms. The minimum Gasteiger partial charge on any atom is -0.383 e. The highest BCUT2D eigenvalue weighted by atomic mass is 19.4. The number of alkyl halides is 3. The van der Waals surface area contributed by atoms with Crippen molar-refractivity contribution in [3.05, 3.63) is 29.3 Å². The van der Waals surface area contributed by atoms with E-state index in [0.29, 0.717) is 18.8 Å². The first-order chi connectivity index (χ1) is 9.85. The van der Waals surface area contributed by atoms with Crippen LogP contribution >= 0.6 is 0 Å². The number of benzene rings is 1. The monoisotopic (exact) mass is 304 g/mol. The van der Waals surface area contributed by atoms with Gasteiger partial charge in [0.2, 0.25) is 0 Å². The summed E-state index contributed by atoms with van der Waals surface area (Å²) in [6.07, 6.45) is -3.56. The first kappa shape index (κ1) is 17.8. The molecule has 0 aromatic heterocycles. The van der Waals surface area contributed by atoms with Gasteiger partial charge in [0.05, 0.1) is 12.2 Å². The van der Waals surface area contributed by atoms with Gasteiger partial charge in [-0.3, -0.25) is 0 Å². The molecular weight excluding hydrogens is 281 g/mol. The molecule has 0 aliphatic rings. The Morgan fingerprint density at radius 2 is 2.00 bits per heavy atom. The third kappa shape index (κ3) is 4.61. The molecule has 2 N–H and O–H groups in total. The summed E-state index contributed by atoms with van der Waals surface area (Å²) in [4.78, 5) is 1.93. The first-order valence-corrected chi connectivity index (χ1v) is 7.00. The van der Waals surface area contributed by atoms with Crippen LogP contribution in [0.25, 0.3) is 0 Å². The largest absolute Gasteiger partial charge is 0.416 e. The minimum absolute atomic E-state index is 0.113. The Kier molecular flexibility index (Phi) is 6.48. The van der Waals surface area contributed by atoms with Gasteiger partial charge in [0.15, 0.2) is 0 Å². The van der Waals surface area contributed by atoms with Crippen LogP contribution in [0.3, 0.4) is 0 Å². The standard InChI is InChI=1S/C15H23F3N2O/c1-4-11(2)20(7-8-21-3)13-6-5-12(10-19)14(9-13)15(16,17)18/h5-6,9,11H,4,7-8,10,19H2,1-3H3. The van der Waals surface area contributed by atoms with Gasteiger partial charge < -0.3 is 15.4 Å². The number of halogens is 3. The molecule has 0 fully saturated rings. The highest BCUT2D eigenvalue weighted by Gasteiger charge is 2.33. The minimum atomic E-state index is -4.40. The fraction of sp³-hybridized carbons (Fsp3) is 0.600. The van der Waals surface area contributed by atoms with E-state index >= 15 is 0 Å². The van der Waals surface area contributed by atoms with Gasteiger partial charge in [-0.15, -0.1) is 0 Å². The van der Waals surface area contributed by atoms with Crippen LogP contribution in [-0.4, -0.2) is 26.3 Å². The van der Waals surface area contributed by atoms with E-state index in [9.17, 15) is 13.2 Å². The van der Waals surface area contributed by atoms with Crippen molar-refractivity contribution < 1.29 is 17.9 Å². The number of nitrogens with two attached hydrogens (primary N) is 1. The number of hydrogen-bond acceptors (Lipinski definition) is 3. The van der Waals surface area contributed by atoms with Gasteiger partial charge in [0.1, 0.15) is 0 Å². The summed E-state index contributed by atoms with van der Waals surface area (Å²) in [5.74, 6) is 0. The van der Waals surface area contributed by atoms with Crippen LogP contribution in [0.15, 0.2) is 18.2 Å². The summed E-state index contributed by atoms with van der Waals surface area (Å²) in [5, 5.41) is 0. The SMILES string of the molecule is CCC(C)N(CCOC)c1ccc(CN)c(C(F)(F)F)c1. The molecule has 1 atom stereocenters. The van der Waals surface area contributed by atoms with Gasteiger partial charge in [-0.25, -0.2) is 0 Å². The Balaban J connectivity index is 3.20. The van der Waals surface area contributed by atoms with Crippen LogP contribution in [0.4, 0.5) is 18.9 Å². The lowest BCUT2D eigenvalue weighted by atomic mass is 10.0. The second-order valence-electron chi connectivity index (χ2n) is 4.99. The maximum Gasteiger partial charge on any atom is 0.416 e. The summed E-state index contributed by atoms with van der Waals surface area (Å²) in [6, 6.07) is 4.47. The highest BCUT2D eigenvalue weighted by Crippen LogP contribution is 2.35. The van der Waals surface area contributed by atoms with Crippen LogP contribution in [0.1, 0.15) is 31.4 Å². The number of hydrogen-bond donors (Lipinski definition) is 1. The summed E-state index contributed by atoms with van der Waals surface area (Å²) in [7, 11) is 1.58. The van der Waals surface area contributed by atoms with Crippen molar-refractivity contribution in [2.75, 3.05) is 25.2 Å². The predicted molar refractivity (Wildman–Crippen MR) is 78.3 cm³/mol. The fourth-order valence-electron chi connectivity index (χ4n) is 2.20. The van der Waals surface area contributed by atoms with Crippen molar-refractivity contribution in [3.63, 3.8) is 0 Å². The molecule has 0 aliphatic heterocycles. The zero-order chi connectivity index (χ0) is 16.0. The molecule has 0 spiro atoms. The van der Waals surface area contributed by atoms with Crippen molar-refractivity contribution in [2.24, 2.45) is 5.73 Å². The Morgan fingerprint density at radius 3 is 2.48 bits per heavy atom. The van der Waals surface area contributed by atoms with E-state index in [0.717, 1.165) is 6.42 Å². The van der Waals surface area contributed by atoms with Crippen LogP contribution in [0, 0.1) is 0 Å². The normalized spacial score (nSPS) is 13.3. The second-order valence-corrected chi connectivity index (χ2v) is 4.99. The van der Waals surface area contributed by atoms with Crippen LogP contribution in [0.5, 0.6) is 0 Å². The third-order valence-corrected chi connectivity index (χ3v) is 3.61. The molecule has 0 saturated heterocycles. The third-order valence-electron chi connectivity index (χ3n) is 3.61. The van der Waals surface area contributed by atoms with E-state index in [4.69, 9.17) is 10.5 Å². The zero-order valence-corrected chi connectivity index (χ0v) is 12.7. The molecule has 6 heteroatoms. The fourth-order valence-corrected chi connectivity index (χ4v) is 2.20. The van der Waals surface area contributed by atoms with Crippen molar-refractivity contribution in [3.8, 4) is 0 Å². The average Bonchev–Trinajstić information content (AvgIpc) is 2.46. The lowest BCUT2D eigenvalue weighted by Gasteiger charge is -2.31. The number of anilines is 1. The molecule has 1 aromatic carbocycles. The number of ether oxygens (including phenoxy) is 1. The van der Waals surface area contributed by atoms with E-state index in [1.165, 1.54) is 12.1 Å².